The van der Waals surface area contributed by atoms with E-state index in [1.54, 1.807) is 18.3 Å². The van der Waals surface area contributed by atoms with Gasteiger partial charge in [-0.2, -0.15) is 0 Å². The second-order valence-corrected chi connectivity index (χ2v) is 6.44. The maximum Gasteiger partial charge on any atom is 0.409 e. The van der Waals surface area contributed by atoms with Gasteiger partial charge in [0.25, 0.3) is 0 Å². The molecular weight excluding hydrogens is 475 g/mol. The molecule has 2 heterocycles. The predicted molar refractivity (Wildman–Crippen MR) is 119 cm³/mol. The first kappa shape index (κ1) is 24.5. The summed E-state index contributed by atoms with van der Waals surface area (Å²) < 4.78 is 15.5. The molecule has 1 aromatic heterocycles. The van der Waals surface area contributed by atoms with E-state index in [2.05, 4.69) is 15.6 Å². The van der Waals surface area contributed by atoms with E-state index in [-0.39, 0.29) is 36.1 Å². The van der Waals surface area contributed by atoms with Crippen molar-refractivity contribution in [3.63, 3.8) is 0 Å². The molecule has 1 aromatic rings. The molecule has 1 aliphatic heterocycles. The number of aliphatic imine (C=N–C) groups is 1. The van der Waals surface area contributed by atoms with Gasteiger partial charge in [-0.15, -0.1) is 24.0 Å². The van der Waals surface area contributed by atoms with Crippen LogP contribution >= 0.6 is 24.0 Å². The Morgan fingerprint density at radius 1 is 1.39 bits per heavy atom. The second-order valence-electron chi connectivity index (χ2n) is 6.44. The van der Waals surface area contributed by atoms with Gasteiger partial charge in [-0.05, 0) is 38.3 Å². The van der Waals surface area contributed by atoms with Crippen molar-refractivity contribution in [2.75, 3.05) is 46.5 Å². The molecule has 0 unspecified atom stereocenters. The Bertz CT molecular complexity index is 560. The predicted octanol–water partition coefficient (Wildman–Crippen LogP) is 2.63. The smallest absolute Gasteiger partial charge is 0.409 e. The Morgan fingerprint density at radius 2 is 2.18 bits per heavy atom. The first-order valence-electron chi connectivity index (χ1n) is 9.70. The van der Waals surface area contributed by atoms with E-state index >= 15 is 0 Å². The normalized spacial score (nSPS) is 15.1. The number of guanidine groups is 1. The SMILES string of the molecule is CCOC(=O)N1CCC(NC(=NCCCOC)NCCc2ccco2)CC1.I. The number of hydrogen-bond acceptors (Lipinski definition) is 5. The highest BCUT2D eigenvalue weighted by molar-refractivity contribution is 14.0. The van der Waals surface area contributed by atoms with Crippen LogP contribution in [0.5, 0.6) is 0 Å². The highest BCUT2D eigenvalue weighted by atomic mass is 127. The molecule has 9 heteroatoms. The van der Waals surface area contributed by atoms with Crippen LogP contribution < -0.4 is 10.6 Å². The second kappa shape index (κ2) is 14.5. The van der Waals surface area contributed by atoms with E-state index in [0.717, 1.165) is 43.9 Å². The van der Waals surface area contributed by atoms with Gasteiger partial charge in [0, 0.05) is 52.4 Å². The lowest BCUT2D eigenvalue weighted by Crippen LogP contribution is -2.50. The van der Waals surface area contributed by atoms with Crippen LogP contribution in [-0.2, 0) is 15.9 Å². The van der Waals surface area contributed by atoms with Gasteiger partial charge in [-0.3, -0.25) is 4.99 Å². The number of carbonyl (C=O) groups is 1. The number of nitrogens with one attached hydrogen (secondary N) is 2. The number of methoxy groups -OCH3 is 1. The quantitative estimate of drug-likeness (QED) is 0.231. The van der Waals surface area contributed by atoms with Crippen molar-refractivity contribution in [3.05, 3.63) is 24.2 Å². The summed E-state index contributed by atoms with van der Waals surface area (Å²) in [4.78, 5) is 18.2. The van der Waals surface area contributed by atoms with Gasteiger partial charge >= 0.3 is 6.09 Å². The Morgan fingerprint density at radius 3 is 2.82 bits per heavy atom. The highest BCUT2D eigenvalue weighted by Gasteiger charge is 2.24. The molecule has 0 bridgehead atoms. The zero-order chi connectivity index (χ0) is 19.3. The number of rotatable bonds is 9. The molecule has 8 nitrogen and oxygen atoms in total. The molecule has 1 fully saturated rings. The minimum Gasteiger partial charge on any atom is -0.469 e. The molecule has 160 valence electrons. The average molecular weight is 508 g/mol. The zero-order valence-electron chi connectivity index (χ0n) is 16.8. The van der Waals surface area contributed by atoms with Crippen LogP contribution in [0.25, 0.3) is 0 Å². The van der Waals surface area contributed by atoms with Gasteiger partial charge in [0.15, 0.2) is 5.96 Å². The number of carbonyl (C=O) groups excluding carboxylic acids is 1. The number of halogens is 1. The van der Waals surface area contributed by atoms with E-state index in [0.29, 0.717) is 32.8 Å². The summed E-state index contributed by atoms with van der Waals surface area (Å²) in [5.74, 6) is 1.75. The molecular formula is C19H33IN4O4. The van der Waals surface area contributed by atoms with Crippen molar-refractivity contribution >= 4 is 36.0 Å². The fourth-order valence-corrected chi connectivity index (χ4v) is 2.93. The van der Waals surface area contributed by atoms with E-state index < -0.39 is 0 Å². The van der Waals surface area contributed by atoms with Crippen molar-refractivity contribution in [3.8, 4) is 0 Å². The maximum absolute atomic E-state index is 11.8. The van der Waals surface area contributed by atoms with Crippen molar-refractivity contribution in [1.82, 2.24) is 15.5 Å². The van der Waals surface area contributed by atoms with Crippen molar-refractivity contribution in [1.29, 1.82) is 0 Å². The van der Waals surface area contributed by atoms with Crippen LogP contribution in [0.4, 0.5) is 4.79 Å². The van der Waals surface area contributed by atoms with Crippen LogP contribution in [0.15, 0.2) is 27.8 Å². The van der Waals surface area contributed by atoms with Gasteiger partial charge in [-0.25, -0.2) is 4.79 Å². The van der Waals surface area contributed by atoms with Gasteiger partial charge < -0.3 is 29.4 Å². The molecule has 0 saturated carbocycles. The van der Waals surface area contributed by atoms with E-state index in [1.165, 1.54) is 0 Å². The van der Waals surface area contributed by atoms with Crippen LogP contribution in [0.2, 0.25) is 0 Å². The molecule has 0 radical (unpaired) electrons. The number of likely N-dealkylation sites (tertiary alicyclic amines) is 1. The molecule has 0 aromatic carbocycles. The van der Waals surface area contributed by atoms with Crippen LogP contribution in [-0.4, -0.2) is 69.5 Å². The highest BCUT2D eigenvalue weighted by Crippen LogP contribution is 2.11. The third-order valence-electron chi connectivity index (χ3n) is 4.38. The molecule has 28 heavy (non-hydrogen) atoms. The number of piperidine rings is 1. The summed E-state index contributed by atoms with van der Waals surface area (Å²) in [6.07, 6.45) is 4.88. The summed E-state index contributed by atoms with van der Waals surface area (Å²) in [6.45, 7) is 5.76. The Balaban J connectivity index is 0.00000392. The van der Waals surface area contributed by atoms with Crippen molar-refractivity contribution < 1.29 is 18.7 Å². The standard InChI is InChI=1S/C19H32N4O4.HI/c1-3-26-19(24)23-12-8-16(9-13-23)22-18(20-10-5-14-25-2)21-11-7-17-6-4-15-27-17;/h4,6,15-16H,3,5,7-14H2,1-2H3,(H2,20,21,22);1H. The lowest BCUT2D eigenvalue weighted by Gasteiger charge is -2.32. The van der Waals surface area contributed by atoms with Gasteiger partial charge in [0.05, 0.1) is 12.9 Å². The Hall–Kier alpha value is -1.49. The Labute approximate surface area is 184 Å². The number of furan rings is 1. The topological polar surface area (TPSA) is 88.3 Å². The summed E-state index contributed by atoms with van der Waals surface area (Å²) >= 11 is 0. The van der Waals surface area contributed by atoms with Crippen LogP contribution in [0.1, 0.15) is 31.9 Å². The fraction of sp³-hybridized carbons (Fsp3) is 0.684. The first-order valence-corrected chi connectivity index (χ1v) is 9.70. The zero-order valence-corrected chi connectivity index (χ0v) is 19.1. The van der Waals surface area contributed by atoms with Crippen LogP contribution in [0.3, 0.4) is 0 Å². The van der Waals surface area contributed by atoms with Gasteiger partial charge in [0.1, 0.15) is 5.76 Å². The number of nitrogens with zero attached hydrogens (tertiary/aromatic N) is 2. The molecule has 1 saturated heterocycles. The third kappa shape index (κ3) is 9.13. The monoisotopic (exact) mass is 508 g/mol. The molecule has 1 aliphatic rings. The minimum atomic E-state index is -0.221. The molecule has 1 amide bonds. The van der Waals surface area contributed by atoms with Crippen LogP contribution in [0, 0.1) is 0 Å². The first-order chi connectivity index (χ1) is 13.2. The molecule has 0 atom stereocenters. The maximum atomic E-state index is 11.8. The number of ether oxygens (including phenoxy) is 2. The molecule has 0 aliphatic carbocycles. The van der Waals surface area contributed by atoms with Crippen molar-refractivity contribution in [2.45, 2.75) is 38.6 Å². The summed E-state index contributed by atoms with van der Waals surface area (Å²) in [6, 6.07) is 4.15. The van der Waals surface area contributed by atoms with E-state index in [1.807, 2.05) is 19.1 Å². The molecule has 2 rings (SSSR count). The Kier molecular flexibility index (Phi) is 12.7. The van der Waals surface area contributed by atoms with Gasteiger partial charge in [-0.1, -0.05) is 0 Å². The van der Waals surface area contributed by atoms with Crippen molar-refractivity contribution in [2.24, 2.45) is 4.99 Å². The summed E-state index contributed by atoms with van der Waals surface area (Å²) in [7, 11) is 1.70. The number of amides is 1. The number of hydrogen-bond donors (Lipinski definition) is 2. The molecule has 0 spiro atoms. The van der Waals surface area contributed by atoms with Gasteiger partial charge in [0.2, 0.25) is 0 Å². The largest absolute Gasteiger partial charge is 0.469 e. The lowest BCUT2D eigenvalue weighted by molar-refractivity contribution is 0.0963. The van der Waals surface area contributed by atoms with E-state index in [9.17, 15) is 4.79 Å². The third-order valence-corrected chi connectivity index (χ3v) is 4.38. The van der Waals surface area contributed by atoms with E-state index in [4.69, 9.17) is 13.9 Å². The summed E-state index contributed by atoms with van der Waals surface area (Å²) in [5, 5.41) is 6.86. The average Bonchev–Trinajstić information content (AvgIpc) is 3.19. The minimum absolute atomic E-state index is 0. The lowest BCUT2D eigenvalue weighted by atomic mass is 10.1. The molecule has 2 N–H and O–H groups in total. The summed E-state index contributed by atoms with van der Waals surface area (Å²) in [5.41, 5.74) is 0. The fourth-order valence-electron chi connectivity index (χ4n) is 2.93.